The molecule has 1 N–H and O–H groups in total. The summed E-state index contributed by atoms with van der Waals surface area (Å²) in [5.41, 5.74) is 1.31. The quantitative estimate of drug-likeness (QED) is 0.597. The lowest BCUT2D eigenvalue weighted by Crippen LogP contribution is -2.26. The second-order valence-electron chi connectivity index (χ2n) is 5.90. The smallest absolute Gasteiger partial charge is 0.230 e. The molecule has 122 valence electrons. The molecule has 0 unspecified atom stereocenters. The van der Waals surface area contributed by atoms with E-state index in [0.717, 1.165) is 23.8 Å². The first-order chi connectivity index (χ1) is 11.2. The molecule has 3 rings (SSSR count). The summed E-state index contributed by atoms with van der Waals surface area (Å²) in [4.78, 5) is 11.9. The lowest BCUT2D eigenvalue weighted by molar-refractivity contribution is -0.118. The molecular formula is C17H22N4OS. The maximum absolute atomic E-state index is 11.9. The third-order valence-corrected chi connectivity index (χ3v) is 4.97. The third-order valence-electron chi connectivity index (χ3n) is 3.95. The summed E-state index contributed by atoms with van der Waals surface area (Å²) in [5.74, 6) is 2.07. The molecule has 5 nitrogen and oxygen atoms in total. The van der Waals surface area contributed by atoms with E-state index in [2.05, 4.69) is 27.6 Å². The molecule has 1 aliphatic rings. The van der Waals surface area contributed by atoms with Crippen LogP contribution in [0.25, 0.3) is 0 Å². The highest BCUT2D eigenvalue weighted by molar-refractivity contribution is 7.99. The van der Waals surface area contributed by atoms with Gasteiger partial charge in [0, 0.05) is 19.5 Å². The van der Waals surface area contributed by atoms with Gasteiger partial charge in [0.2, 0.25) is 5.91 Å². The van der Waals surface area contributed by atoms with Gasteiger partial charge in [0.05, 0.1) is 5.75 Å². The van der Waals surface area contributed by atoms with Crippen LogP contribution in [0.15, 0.2) is 35.5 Å². The van der Waals surface area contributed by atoms with Gasteiger partial charge in [-0.2, -0.15) is 0 Å². The maximum Gasteiger partial charge on any atom is 0.230 e. The van der Waals surface area contributed by atoms with E-state index in [1.165, 1.54) is 30.2 Å². The van der Waals surface area contributed by atoms with Crippen LogP contribution in [0, 0.1) is 0 Å². The van der Waals surface area contributed by atoms with Crippen molar-refractivity contribution in [2.24, 2.45) is 7.05 Å². The Morgan fingerprint density at radius 3 is 2.83 bits per heavy atom. The average molecular weight is 330 g/mol. The van der Waals surface area contributed by atoms with Crippen LogP contribution in [0.3, 0.4) is 0 Å². The monoisotopic (exact) mass is 330 g/mol. The predicted octanol–water partition coefficient (Wildman–Crippen LogP) is 2.53. The summed E-state index contributed by atoms with van der Waals surface area (Å²) >= 11 is 1.45. The molecule has 0 saturated heterocycles. The van der Waals surface area contributed by atoms with Gasteiger partial charge in [0.1, 0.15) is 5.82 Å². The summed E-state index contributed by atoms with van der Waals surface area (Å²) in [5, 5.41) is 12.2. The summed E-state index contributed by atoms with van der Waals surface area (Å²) < 4.78 is 2.02. The lowest BCUT2D eigenvalue weighted by Gasteiger charge is -2.05. The number of benzene rings is 1. The molecule has 1 fully saturated rings. The maximum atomic E-state index is 11.9. The molecule has 1 aliphatic carbocycles. The van der Waals surface area contributed by atoms with E-state index in [4.69, 9.17) is 0 Å². The average Bonchev–Trinajstić information content (AvgIpc) is 3.34. The van der Waals surface area contributed by atoms with Gasteiger partial charge in [-0.1, -0.05) is 42.1 Å². The number of amides is 1. The minimum absolute atomic E-state index is 0.0547. The van der Waals surface area contributed by atoms with Crippen LogP contribution >= 0.6 is 11.8 Å². The SMILES string of the molecule is Cn1c(SCC(=O)NCCCc2ccccc2)nnc1C1CC1. The summed E-state index contributed by atoms with van der Waals surface area (Å²) in [6.45, 7) is 0.709. The number of nitrogens with zero attached hydrogens (tertiary/aromatic N) is 3. The van der Waals surface area contributed by atoms with E-state index >= 15 is 0 Å². The minimum atomic E-state index is 0.0547. The van der Waals surface area contributed by atoms with E-state index in [1.807, 2.05) is 29.8 Å². The van der Waals surface area contributed by atoms with Crippen molar-refractivity contribution < 1.29 is 4.79 Å². The highest BCUT2D eigenvalue weighted by Crippen LogP contribution is 2.39. The number of hydrogen-bond acceptors (Lipinski definition) is 4. The number of hydrogen-bond donors (Lipinski definition) is 1. The van der Waals surface area contributed by atoms with Gasteiger partial charge in [-0.05, 0) is 31.2 Å². The third kappa shape index (κ3) is 4.58. The zero-order chi connectivity index (χ0) is 16.1. The Kier molecular flexibility index (Phi) is 5.33. The van der Waals surface area contributed by atoms with Crippen LogP contribution < -0.4 is 5.32 Å². The normalized spacial score (nSPS) is 14.0. The number of carbonyl (C=O) groups is 1. The number of carbonyl (C=O) groups excluding carboxylic acids is 1. The lowest BCUT2D eigenvalue weighted by atomic mass is 10.1. The molecule has 0 bridgehead atoms. The van der Waals surface area contributed by atoms with E-state index < -0.39 is 0 Å². The van der Waals surface area contributed by atoms with Crippen molar-refractivity contribution in [3.8, 4) is 0 Å². The standard InChI is InChI=1S/C17H22N4OS/c1-21-16(14-9-10-14)19-20-17(21)23-12-15(22)18-11-5-8-13-6-3-2-4-7-13/h2-4,6-7,14H,5,8-12H2,1H3,(H,18,22). The van der Waals surface area contributed by atoms with Crippen molar-refractivity contribution in [1.82, 2.24) is 20.1 Å². The number of aromatic nitrogens is 3. The highest BCUT2D eigenvalue weighted by Gasteiger charge is 2.29. The van der Waals surface area contributed by atoms with Crippen molar-refractivity contribution >= 4 is 17.7 Å². The van der Waals surface area contributed by atoms with Gasteiger partial charge < -0.3 is 9.88 Å². The zero-order valence-electron chi connectivity index (χ0n) is 13.4. The second-order valence-corrected chi connectivity index (χ2v) is 6.84. The molecule has 0 aliphatic heterocycles. The molecule has 0 spiro atoms. The van der Waals surface area contributed by atoms with Crippen LogP contribution in [0.1, 0.15) is 36.6 Å². The highest BCUT2D eigenvalue weighted by atomic mass is 32.2. The van der Waals surface area contributed by atoms with Crippen molar-refractivity contribution in [2.75, 3.05) is 12.3 Å². The fourth-order valence-corrected chi connectivity index (χ4v) is 3.24. The van der Waals surface area contributed by atoms with Gasteiger partial charge in [0.25, 0.3) is 0 Å². The Morgan fingerprint density at radius 2 is 2.09 bits per heavy atom. The first kappa shape index (κ1) is 16.1. The molecule has 2 aromatic rings. The zero-order valence-corrected chi connectivity index (χ0v) is 14.2. The summed E-state index contributed by atoms with van der Waals surface area (Å²) in [7, 11) is 1.98. The number of aryl methyl sites for hydroxylation is 1. The van der Waals surface area contributed by atoms with E-state index in [1.54, 1.807) is 0 Å². The molecule has 1 amide bonds. The number of rotatable bonds is 8. The van der Waals surface area contributed by atoms with Gasteiger partial charge in [-0.3, -0.25) is 4.79 Å². The molecule has 1 saturated carbocycles. The first-order valence-electron chi connectivity index (χ1n) is 8.07. The van der Waals surface area contributed by atoms with Crippen molar-refractivity contribution in [2.45, 2.75) is 36.8 Å². The number of nitrogens with one attached hydrogen (secondary N) is 1. The molecule has 1 aromatic heterocycles. The van der Waals surface area contributed by atoms with Crippen molar-refractivity contribution in [3.05, 3.63) is 41.7 Å². The van der Waals surface area contributed by atoms with Crippen LogP contribution in [-0.4, -0.2) is 33.0 Å². The van der Waals surface area contributed by atoms with Crippen LogP contribution in [-0.2, 0) is 18.3 Å². The van der Waals surface area contributed by atoms with Gasteiger partial charge >= 0.3 is 0 Å². The summed E-state index contributed by atoms with van der Waals surface area (Å²) in [6.07, 6.45) is 4.36. The molecule has 23 heavy (non-hydrogen) atoms. The Bertz CT molecular complexity index is 652. The Hall–Kier alpha value is -1.82. The Morgan fingerprint density at radius 1 is 1.30 bits per heavy atom. The Balaban J connectivity index is 1.35. The van der Waals surface area contributed by atoms with Crippen LogP contribution in [0.2, 0.25) is 0 Å². The van der Waals surface area contributed by atoms with E-state index in [9.17, 15) is 4.79 Å². The molecule has 1 heterocycles. The molecule has 0 atom stereocenters. The van der Waals surface area contributed by atoms with Gasteiger partial charge in [-0.25, -0.2) is 0 Å². The Labute approximate surface area is 140 Å². The van der Waals surface area contributed by atoms with E-state index in [0.29, 0.717) is 18.2 Å². The predicted molar refractivity (Wildman–Crippen MR) is 91.5 cm³/mol. The van der Waals surface area contributed by atoms with Gasteiger partial charge in [0.15, 0.2) is 5.16 Å². The first-order valence-corrected chi connectivity index (χ1v) is 9.05. The molecular weight excluding hydrogens is 308 g/mol. The van der Waals surface area contributed by atoms with Crippen molar-refractivity contribution in [1.29, 1.82) is 0 Å². The minimum Gasteiger partial charge on any atom is -0.355 e. The number of thioether (sulfide) groups is 1. The fourth-order valence-electron chi connectivity index (χ4n) is 2.50. The largest absolute Gasteiger partial charge is 0.355 e. The van der Waals surface area contributed by atoms with E-state index in [-0.39, 0.29) is 5.91 Å². The second kappa shape index (κ2) is 7.64. The topological polar surface area (TPSA) is 59.8 Å². The molecule has 1 aromatic carbocycles. The summed E-state index contributed by atoms with van der Waals surface area (Å²) in [6, 6.07) is 10.3. The fraction of sp³-hybridized carbons (Fsp3) is 0.471. The van der Waals surface area contributed by atoms with Crippen molar-refractivity contribution in [3.63, 3.8) is 0 Å². The van der Waals surface area contributed by atoms with Crippen LogP contribution in [0.4, 0.5) is 0 Å². The van der Waals surface area contributed by atoms with Gasteiger partial charge in [-0.15, -0.1) is 10.2 Å². The van der Waals surface area contributed by atoms with Crippen LogP contribution in [0.5, 0.6) is 0 Å². The molecule has 0 radical (unpaired) electrons. The molecule has 6 heteroatoms.